The molecule has 2 aromatic rings. The molecule has 0 N–H and O–H groups in total. The highest BCUT2D eigenvalue weighted by Gasteiger charge is 2.15. The highest BCUT2D eigenvalue weighted by molar-refractivity contribution is 9.10. The number of halogens is 2. The van der Waals surface area contributed by atoms with Gasteiger partial charge in [-0.15, -0.1) is 11.3 Å². The first-order valence-electron chi connectivity index (χ1n) is 5.28. The summed E-state index contributed by atoms with van der Waals surface area (Å²) in [6, 6.07) is 2.02. The number of rotatable bonds is 2. The van der Waals surface area contributed by atoms with E-state index in [0.717, 1.165) is 26.4 Å². The van der Waals surface area contributed by atoms with Crippen molar-refractivity contribution in [3.8, 4) is 10.6 Å². The van der Waals surface area contributed by atoms with E-state index < -0.39 is 0 Å². The molecule has 0 aliphatic heterocycles. The van der Waals surface area contributed by atoms with Crippen molar-refractivity contribution in [2.75, 3.05) is 0 Å². The van der Waals surface area contributed by atoms with Crippen LogP contribution in [-0.4, -0.2) is 9.97 Å². The quantitative estimate of drug-likeness (QED) is 0.719. The third kappa shape index (κ3) is 2.54. The molecular weight excluding hydrogens is 320 g/mol. The van der Waals surface area contributed by atoms with E-state index in [9.17, 15) is 0 Å². The van der Waals surface area contributed by atoms with E-state index in [-0.39, 0.29) is 5.92 Å². The summed E-state index contributed by atoms with van der Waals surface area (Å²) in [5.41, 5.74) is 1.86. The minimum atomic E-state index is 0.269. The number of hydrogen-bond acceptors (Lipinski definition) is 3. The number of hydrogen-bond donors (Lipinski definition) is 0. The molecule has 2 aromatic heterocycles. The monoisotopic (exact) mass is 330 g/mol. The molecule has 0 aromatic carbocycles. The van der Waals surface area contributed by atoms with Gasteiger partial charge in [0.25, 0.3) is 0 Å². The highest BCUT2D eigenvalue weighted by atomic mass is 79.9. The van der Waals surface area contributed by atoms with Gasteiger partial charge in [-0.1, -0.05) is 25.4 Å². The molecule has 0 spiro atoms. The summed E-state index contributed by atoms with van der Waals surface area (Å²) in [5, 5.41) is 2.57. The van der Waals surface area contributed by atoms with Crippen LogP contribution in [0, 0.1) is 6.92 Å². The van der Waals surface area contributed by atoms with Crippen molar-refractivity contribution in [1.29, 1.82) is 0 Å². The van der Waals surface area contributed by atoms with Crippen LogP contribution in [0.1, 0.15) is 31.2 Å². The molecule has 0 amide bonds. The Morgan fingerprint density at radius 1 is 1.35 bits per heavy atom. The van der Waals surface area contributed by atoms with E-state index in [4.69, 9.17) is 11.6 Å². The molecule has 0 saturated heterocycles. The number of aromatic nitrogens is 2. The van der Waals surface area contributed by atoms with Gasteiger partial charge in [0.2, 0.25) is 0 Å². The van der Waals surface area contributed by atoms with E-state index in [1.54, 1.807) is 11.3 Å². The van der Waals surface area contributed by atoms with Gasteiger partial charge in [-0.25, -0.2) is 9.97 Å². The molecule has 0 unspecified atom stereocenters. The van der Waals surface area contributed by atoms with Crippen LogP contribution in [0.3, 0.4) is 0 Å². The lowest BCUT2D eigenvalue weighted by atomic mass is 10.1. The van der Waals surface area contributed by atoms with Crippen LogP contribution in [0.25, 0.3) is 10.6 Å². The summed E-state index contributed by atoms with van der Waals surface area (Å²) in [5.74, 6) is 1.06. The van der Waals surface area contributed by atoms with Crippen molar-refractivity contribution >= 4 is 38.9 Å². The predicted octanol–water partition coefficient (Wildman–Crippen LogP) is 5.05. The summed E-state index contributed by atoms with van der Waals surface area (Å²) < 4.78 is 1.05. The third-order valence-electron chi connectivity index (χ3n) is 2.45. The SMILES string of the molecule is Cc1c(Cl)nc(C(C)C)nc1-c1sccc1Br. The van der Waals surface area contributed by atoms with E-state index >= 15 is 0 Å². The Labute approximate surface area is 118 Å². The maximum Gasteiger partial charge on any atom is 0.136 e. The molecule has 0 aliphatic rings. The number of thiophene rings is 1. The lowest BCUT2D eigenvalue weighted by Crippen LogP contribution is -2.01. The summed E-state index contributed by atoms with van der Waals surface area (Å²) in [7, 11) is 0. The fourth-order valence-corrected chi connectivity index (χ4v) is 3.23. The molecular formula is C12H12BrClN2S. The van der Waals surface area contributed by atoms with Gasteiger partial charge in [0.15, 0.2) is 0 Å². The summed E-state index contributed by atoms with van der Waals surface area (Å²) in [6.07, 6.45) is 0. The van der Waals surface area contributed by atoms with Crippen LogP contribution in [0.2, 0.25) is 5.15 Å². The molecule has 0 fully saturated rings. The van der Waals surface area contributed by atoms with Gasteiger partial charge < -0.3 is 0 Å². The molecule has 0 aliphatic carbocycles. The van der Waals surface area contributed by atoms with Crippen molar-refractivity contribution < 1.29 is 0 Å². The van der Waals surface area contributed by atoms with E-state index in [1.165, 1.54) is 0 Å². The topological polar surface area (TPSA) is 25.8 Å². The zero-order chi connectivity index (χ0) is 12.6. The predicted molar refractivity (Wildman–Crippen MR) is 76.9 cm³/mol. The fourth-order valence-electron chi connectivity index (χ4n) is 1.45. The van der Waals surface area contributed by atoms with Crippen molar-refractivity contribution in [3.05, 3.63) is 32.5 Å². The first-order valence-corrected chi connectivity index (χ1v) is 7.33. The smallest absolute Gasteiger partial charge is 0.136 e. The lowest BCUT2D eigenvalue weighted by molar-refractivity contribution is 0.774. The normalized spacial score (nSPS) is 11.2. The Bertz CT molecular complexity index is 551. The van der Waals surface area contributed by atoms with E-state index in [0.29, 0.717) is 5.15 Å². The fraction of sp³-hybridized carbons (Fsp3) is 0.333. The van der Waals surface area contributed by atoms with Crippen molar-refractivity contribution in [2.45, 2.75) is 26.7 Å². The van der Waals surface area contributed by atoms with Gasteiger partial charge in [-0.2, -0.15) is 0 Å². The summed E-state index contributed by atoms with van der Waals surface area (Å²) in [6.45, 7) is 6.08. The Hall–Kier alpha value is -0.450. The minimum Gasteiger partial charge on any atom is -0.231 e. The molecule has 17 heavy (non-hydrogen) atoms. The van der Waals surface area contributed by atoms with Crippen LogP contribution in [0.15, 0.2) is 15.9 Å². The van der Waals surface area contributed by atoms with Crippen molar-refractivity contribution in [2.24, 2.45) is 0 Å². The third-order valence-corrected chi connectivity index (χ3v) is 4.66. The minimum absolute atomic E-state index is 0.269. The summed E-state index contributed by atoms with van der Waals surface area (Å²) in [4.78, 5) is 10.0. The molecule has 0 atom stereocenters. The zero-order valence-corrected chi connectivity index (χ0v) is 12.9. The van der Waals surface area contributed by atoms with Gasteiger partial charge in [0, 0.05) is 16.0 Å². The van der Waals surface area contributed by atoms with Crippen LogP contribution in [0.4, 0.5) is 0 Å². The van der Waals surface area contributed by atoms with Gasteiger partial charge in [-0.3, -0.25) is 0 Å². The van der Waals surface area contributed by atoms with Crippen molar-refractivity contribution in [1.82, 2.24) is 9.97 Å². The second-order valence-corrected chi connectivity index (χ2v) is 6.23. The average Bonchev–Trinajstić information content (AvgIpc) is 2.68. The number of nitrogens with zero attached hydrogens (tertiary/aromatic N) is 2. The van der Waals surface area contributed by atoms with Crippen LogP contribution in [0.5, 0.6) is 0 Å². The van der Waals surface area contributed by atoms with Gasteiger partial charge in [0.05, 0.1) is 10.6 Å². The molecule has 0 bridgehead atoms. The van der Waals surface area contributed by atoms with Crippen molar-refractivity contribution in [3.63, 3.8) is 0 Å². The molecule has 0 radical (unpaired) electrons. The second-order valence-electron chi connectivity index (χ2n) is 4.10. The molecule has 90 valence electrons. The largest absolute Gasteiger partial charge is 0.231 e. The van der Waals surface area contributed by atoms with Crippen LogP contribution >= 0.6 is 38.9 Å². The summed E-state index contributed by atoms with van der Waals surface area (Å²) >= 11 is 11.4. The maximum absolute atomic E-state index is 6.17. The average molecular weight is 332 g/mol. The molecule has 2 heterocycles. The molecule has 2 rings (SSSR count). The van der Waals surface area contributed by atoms with Gasteiger partial charge in [0.1, 0.15) is 11.0 Å². The lowest BCUT2D eigenvalue weighted by Gasteiger charge is -2.10. The second kappa shape index (κ2) is 5.04. The zero-order valence-electron chi connectivity index (χ0n) is 9.79. The van der Waals surface area contributed by atoms with E-state index in [1.807, 2.05) is 18.4 Å². The molecule has 0 saturated carbocycles. The molecule has 2 nitrogen and oxygen atoms in total. The first-order chi connectivity index (χ1) is 8.00. The van der Waals surface area contributed by atoms with Gasteiger partial charge >= 0.3 is 0 Å². The first kappa shape index (κ1) is 13.0. The van der Waals surface area contributed by atoms with Gasteiger partial charge in [-0.05, 0) is 34.3 Å². The van der Waals surface area contributed by atoms with E-state index in [2.05, 4.69) is 39.7 Å². The Balaban J connectivity index is 2.65. The van der Waals surface area contributed by atoms with Crippen LogP contribution in [-0.2, 0) is 0 Å². The Morgan fingerprint density at radius 3 is 2.59 bits per heavy atom. The standard InChI is InChI=1S/C12H12BrClN2S/c1-6(2)12-15-9(7(3)11(14)16-12)10-8(13)4-5-17-10/h4-6H,1-3H3. The Kier molecular flexibility index (Phi) is 3.85. The van der Waals surface area contributed by atoms with Crippen LogP contribution < -0.4 is 0 Å². The maximum atomic E-state index is 6.17. The molecule has 5 heteroatoms. The highest BCUT2D eigenvalue weighted by Crippen LogP contribution is 2.36. The Morgan fingerprint density at radius 2 is 2.06 bits per heavy atom.